The smallest absolute Gasteiger partial charge is 0.360 e. The summed E-state index contributed by atoms with van der Waals surface area (Å²) in [5.74, 6) is -0.989. The van der Waals surface area contributed by atoms with Gasteiger partial charge in [0.25, 0.3) is 0 Å². The SMILES string of the molecule is CCN(CC)OC(=O)c1cc(O)ccc1O. The molecule has 0 aromatic heterocycles. The number of carbonyl (C=O) groups excluding carboxylic acids is 1. The Kier molecular flexibility index (Phi) is 4.13. The quantitative estimate of drug-likeness (QED) is 0.600. The standard InChI is InChI=1S/C11H15NO4/c1-3-12(4-2)16-11(15)9-7-8(13)5-6-10(9)14/h5-7,13-14H,3-4H2,1-2H3. The zero-order chi connectivity index (χ0) is 12.1. The van der Waals surface area contributed by atoms with Crippen LogP contribution in [0, 0.1) is 0 Å². The van der Waals surface area contributed by atoms with Crippen LogP contribution in [0.3, 0.4) is 0 Å². The molecule has 88 valence electrons. The van der Waals surface area contributed by atoms with Crippen molar-refractivity contribution in [1.82, 2.24) is 5.06 Å². The first-order valence-electron chi connectivity index (χ1n) is 5.07. The Morgan fingerprint density at radius 1 is 1.31 bits per heavy atom. The van der Waals surface area contributed by atoms with Crippen LogP contribution in [0.15, 0.2) is 18.2 Å². The molecular weight excluding hydrogens is 210 g/mol. The van der Waals surface area contributed by atoms with Crippen molar-refractivity contribution in [2.45, 2.75) is 13.8 Å². The Labute approximate surface area is 93.8 Å². The van der Waals surface area contributed by atoms with E-state index in [0.29, 0.717) is 13.1 Å². The van der Waals surface area contributed by atoms with Crippen LogP contribution in [0.2, 0.25) is 0 Å². The summed E-state index contributed by atoms with van der Waals surface area (Å²) in [4.78, 5) is 16.6. The first-order valence-corrected chi connectivity index (χ1v) is 5.07. The fourth-order valence-electron chi connectivity index (χ4n) is 1.21. The van der Waals surface area contributed by atoms with E-state index in [1.807, 2.05) is 13.8 Å². The summed E-state index contributed by atoms with van der Waals surface area (Å²) in [6.45, 7) is 4.81. The maximum atomic E-state index is 11.6. The van der Waals surface area contributed by atoms with E-state index in [1.54, 1.807) is 0 Å². The van der Waals surface area contributed by atoms with Gasteiger partial charge < -0.3 is 15.1 Å². The molecule has 0 unspecified atom stereocenters. The van der Waals surface area contributed by atoms with Gasteiger partial charge in [0.2, 0.25) is 0 Å². The average molecular weight is 225 g/mol. The normalized spacial score (nSPS) is 10.4. The van der Waals surface area contributed by atoms with Crippen molar-refractivity contribution in [3.05, 3.63) is 23.8 Å². The van der Waals surface area contributed by atoms with Gasteiger partial charge in [0.15, 0.2) is 0 Å². The van der Waals surface area contributed by atoms with Gasteiger partial charge in [0, 0.05) is 13.1 Å². The number of phenolic OH excluding ortho intramolecular Hbond substituents is 2. The predicted molar refractivity (Wildman–Crippen MR) is 58.1 cm³/mol. The first-order chi connectivity index (χ1) is 7.58. The zero-order valence-corrected chi connectivity index (χ0v) is 9.30. The largest absolute Gasteiger partial charge is 0.508 e. The van der Waals surface area contributed by atoms with Crippen LogP contribution in [-0.2, 0) is 4.84 Å². The molecule has 16 heavy (non-hydrogen) atoms. The Morgan fingerprint density at radius 3 is 2.50 bits per heavy atom. The fourth-order valence-corrected chi connectivity index (χ4v) is 1.21. The molecule has 0 aliphatic carbocycles. The second kappa shape index (κ2) is 5.37. The highest BCUT2D eigenvalue weighted by Gasteiger charge is 2.16. The fraction of sp³-hybridized carbons (Fsp3) is 0.364. The van der Waals surface area contributed by atoms with Crippen LogP contribution in [0.1, 0.15) is 24.2 Å². The molecule has 0 saturated carbocycles. The maximum absolute atomic E-state index is 11.6. The molecule has 0 aliphatic heterocycles. The van der Waals surface area contributed by atoms with Gasteiger partial charge in [-0.15, -0.1) is 5.06 Å². The van der Waals surface area contributed by atoms with Crippen molar-refractivity contribution >= 4 is 5.97 Å². The number of benzene rings is 1. The van der Waals surface area contributed by atoms with Crippen LogP contribution >= 0.6 is 0 Å². The zero-order valence-electron chi connectivity index (χ0n) is 9.30. The summed E-state index contributed by atoms with van der Waals surface area (Å²) in [6.07, 6.45) is 0. The molecule has 0 spiro atoms. The third-order valence-electron chi connectivity index (χ3n) is 2.12. The van der Waals surface area contributed by atoms with Gasteiger partial charge in [-0.05, 0) is 32.0 Å². The lowest BCUT2D eigenvalue weighted by atomic mass is 10.2. The van der Waals surface area contributed by atoms with Gasteiger partial charge in [-0.3, -0.25) is 0 Å². The summed E-state index contributed by atoms with van der Waals surface area (Å²) < 4.78 is 0. The van der Waals surface area contributed by atoms with E-state index in [-0.39, 0.29) is 17.1 Å². The second-order valence-corrected chi connectivity index (χ2v) is 3.19. The van der Waals surface area contributed by atoms with E-state index in [1.165, 1.54) is 23.3 Å². The molecule has 0 saturated heterocycles. The Hall–Kier alpha value is -1.75. The number of phenols is 2. The van der Waals surface area contributed by atoms with Crippen LogP contribution in [0.4, 0.5) is 0 Å². The Morgan fingerprint density at radius 2 is 1.94 bits per heavy atom. The monoisotopic (exact) mass is 225 g/mol. The molecule has 5 heteroatoms. The minimum Gasteiger partial charge on any atom is -0.508 e. The minimum absolute atomic E-state index is 0.0492. The van der Waals surface area contributed by atoms with E-state index in [4.69, 9.17) is 4.84 Å². The number of hydrogen-bond donors (Lipinski definition) is 2. The third kappa shape index (κ3) is 2.87. The van der Waals surface area contributed by atoms with Crippen molar-refractivity contribution in [2.24, 2.45) is 0 Å². The van der Waals surface area contributed by atoms with Gasteiger partial charge in [-0.1, -0.05) is 0 Å². The first kappa shape index (κ1) is 12.3. The molecule has 1 aromatic rings. The van der Waals surface area contributed by atoms with Gasteiger partial charge in [-0.2, -0.15) is 0 Å². The Bertz CT molecular complexity index is 374. The van der Waals surface area contributed by atoms with E-state index in [9.17, 15) is 15.0 Å². The van der Waals surface area contributed by atoms with Gasteiger partial charge >= 0.3 is 5.97 Å². The summed E-state index contributed by atoms with van der Waals surface area (Å²) in [6, 6.07) is 3.71. The molecule has 1 rings (SSSR count). The molecule has 1 aromatic carbocycles. The minimum atomic E-state index is -0.683. The highest BCUT2D eigenvalue weighted by molar-refractivity contribution is 5.92. The van der Waals surface area contributed by atoms with Gasteiger partial charge in [0.05, 0.1) is 0 Å². The average Bonchev–Trinajstić information content (AvgIpc) is 2.28. The van der Waals surface area contributed by atoms with E-state index in [0.717, 1.165) is 0 Å². The maximum Gasteiger partial charge on any atom is 0.360 e. The summed E-state index contributed by atoms with van der Waals surface area (Å²) in [5.41, 5.74) is -0.0492. The molecule has 0 amide bonds. The van der Waals surface area contributed by atoms with Crippen molar-refractivity contribution in [2.75, 3.05) is 13.1 Å². The number of hydroxylamine groups is 2. The van der Waals surface area contributed by atoms with E-state index >= 15 is 0 Å². The second-order valence-electron chi connectivity index (χ2n) is 3.19. The lowest BCUT2D eigenvalue weighted by Gasteiger charge is -2.17. The topological polar surface area (TPSA) is 70.0 Å². The number of hydrogen-bond acceptors (Lipinski definition) is 5. The molecule has 0 radical (unpaired) electrons. The molecule has 0 aliphatic rings. The number of rotatable bonds is 4. The third-order valence-corrected chi connectivity index (χ3v) is 2.12. The van der Waals surface area contributed by atoms with Gasteiger partial charge in [-0.25, -0.2) is 4.79 Å². The highest BCUT2D eigenvalue weighted by atomic mass is 16.7. The number of carbonyl (C=O) groups is 1. The lowest BCUT2D eigenvalue weighted by molar-refractivity contribution is -0.103. The highest BCUT2D eigenvalue weighted by Crippen LogP contribution is 2.22. The van der Waals surface area contributed by atoms with E-state index in [2.05, 4.69) is 0 Å². The van der Waals surface area contributed by atoms with Crippen molar-refractivity contribution < 1.29 is 19.8 Å². The summed E-state index contributed by atoms with van der Waals surface area (Å²) in [5, 5.41) is 20.1. The van der Waals surface area contributed by atoms with Crippen LogP contribution in [0.5, 0.6) is 11.5 Å². The summed E-state index contributed by atoms with van der Waals surface area (Å²) >= 11 is 0. The Balaban J connectivity index is 2.83. The van der Waals surface area contributed by atoms with Crippen molar-refractivity contribution in [3.8, 4) is 11.5 Å². The number of aromatic hydroxyl groups is 2. The van der Waals surface area contributed by atoms with Crippen LogP contribution < -0.4 is 0 Å². The molecular formula is C11H15NO4. The molecule has 0 fully saturated rings. The molecule has 2 N–H and O–H groups in total. The van der Waals surface area contributed by atoms with Crippen LogP contribution in [-0.4, -0.2) is 34.3 Å². The molecule has 0 bridgehead atoms. The number of nitrogens with zero attached hydrogens (tertiary/aromatic N) is 1. The van der Waals surface area contributed by atoms with Gasteiger partial charge in [0.1, 0.15) is 17.1 Å². The van der Waals surface area contributed by atoms with Crippen molar-refractivity contribution in [3.63, 3.8) is 0 Å². The predicted octanol–water partition coefficient (Wildman–Crippen LogP) is 1.51. The summed E-state index contributed by atoms with van der Waals surface area (Å²) in [7, 11) is 0. The van der Waals surface area contributed by atoms with Crippen LogP contribution in [0.25, 0.3) is 0 Å². The molecule has 0 heterocycles. The molecule has 0 atom stereocenters. The van der Waals surface area contributed by atoms with Crippen molar-refractivity contribution in [1.29, 1.82) is 0 Å². The molecule has 5 nitrogen and oxygen atoms in total. The lowest BCUT2D eigenvalue weighted by Crippen LogP contribution is -2.26. The van der Waals surface area contributed by atoms with E-state index < -0.39 is 5.97 Å².